The monoisotopic (exact) mass is 235 g/mol. The van der Waals surface area contributed by atoms with Crippen molar-refractivity contribution in [3.8, 4) is 0 Å². The Morgan fingerprint density at radius 2 is 1.82 bits per heavy atom. The van der Waals surface area contributed by atoms with E-state index in [0.29, 0.717) is 11.5 Å². The van der Waals surface area contributed by atoms with Crippen molar-refractivity contribution in [1.82, 2.24) is 9.78 Å². The Labute approximate surface area is 104 Å². The number of nitrogen functional groups attached to an aromatic ring is 1. The van der Waals surface area contributed by atoms with Crippen LogP contribution in [0.5, 0.6) is 0 Å². The highest BCUT2D eigenvalue weighted by Crippen LogP contribution is 2.41. The van der Waals surface area contributed by atoms with Gasteiger partial charge in [-0.25, -0.2) is 4.68 Å². The van der Waals surface area contributed by atoms with E-state index in [4.69, 9.17) is 5.73 Å². The summed E-state index contributed by atoms with van der Waals surface area (Å²) in [7, 11) is 0. The van der Waals surface area contributed by atoms with Crippen LogP contribution in [0.25, 0.3) is 0 Å². The van der Waals surface area contributed by atoms with Crippen molar-refractivity contribution in [3.63, 3.8) is 0 Å². The zero-order chi connectivity index (χ0) is 12.6. The van der Waals surface area contributed by atoms with E-state index in [2.05, 4.69) is 25.9 Å². The van der Waals surface area contributed by atoms with Gasteiger partial charge in [0.15, 0.2) is 0 Å². The first kappa shape index (κ1) is 12.5. The van der Waals surface area contributed by atoms with Crippen LogP contribution in [0.2, 0.25) is 0 Å². The second kappa shape index (κ2) is 4.35. The second-order valence-corrected chi connectivity index (χ2v) is 6.53. The summed E-state index contributed by atoms with van der Waals surface area (Å²) in [6.45, 7) is 9.08. The van der Waals surface area contributed by atoms with E-state index < -0.39 is 0 Å². The number of aryl methyl sites for hydroxylation is 1. The molecule has 1 aliphatic carbocycles. The molecule has 0 unspecified atom stereocenters. The number of anilines is 1. The largest absolute Gasteiger partial charge is 0.384 e. The fraction of sp³-hybridized carbons (Fsp3) is 0.786. The predicted molar refractivity (Wildman–Crippen MR) is 71.8 cm³/mol. The minimum Gasteiger partial charge on any atom is -0.384 e. The van der Waals surface area contributed by atoms with Crippen LogP contribution in [0, 0.1) is 18.3 Å². The van der Waals surface area contributed by atoms with Crippen LogP contribution < -0.4 is 5.73 Å². The van der Waals surface area contributed by atoms with Gasteiger partial charge in [0.05, 0.1) is 12.2 Å². The van der Waals surface area contributed by atoms with Gasteiger partial charge >= 0.3 is 0 Å². The van der Waals surface area contributed by atoms with Gasteiger partial charge in [-0.15, -0.1) is 0 Å². The first-order chi connectivity index (χ1) is 7.89. The molecule has 0 saturated heterocycles. The molecule has 0 aromatic carbocycles. The van der Waals surface area contributed by atoms with Crippen molar-refractivity contribution in [2.75, 3.05) is 5.73 Å². The Kier molecular flexibility index (Phi) is 3.19. The number of nitrogens with two attached hydrogens (primary N) is 1. The summed E-state index contributed by atoms with van der Waals surface area (Å²) in [5.41, 5.74) is 7.60. The summed E-state index contributed by atoms with van der Waals surface area (Å²) in [5, 5.41) is 4.42. The molecule has 2 rings (SSSR count). The van der Waals surface area contributed by atoms with Gasteiger partial charge in [-0.3, -0.25) is 0 Å². The second-order valence-electron chi connectivity index (χ2n) is 6.53. The Morgan fingerprint density at radius 1 is 1.24 bits per heavy atom. The van der Waals surface area contributed by atoms with Crippen molar-refractivity contribution in [3.05, 3.63) is 11.8 Å². The standard InChI is InChI=1S/C14H25N3/c1-10-9-16-17(13(10)15)12-7-5-11(6-8-12)14(2,3)4/h9,11-12H,5-8,15H2,1-4H3. The Morgan fingerprint density at radius 3 is 2.24 bits per heavy atom. The first-order valence-electron chi connectivity index (χ1n) is 6.69. The van der Waals surface area contributed by atoms with E-state index >= 15 is 0 Å². The molecule has 0 atom stereocenters. The highest BCUT2D eigenvalue weighted by molar-refractivity contribution is 5.37. The molecule has 17 heavy (non-hydrogen) atoms. The summed E-state index contributed by atoms with van der Waals surface area (Å²) in [5.74, 6) is 1.70. The quantitative estimate of drug-likeness (QED) is 0.809. The molecule has 0 aliphatic heterocycles. The van der Waals surface area contributed by atoms with E-state index in [9.17, 15) is 0 Å². The average Bonchev–Trinajstić information content (AvgIpc) is 2.59. The van der Waals surface area contributed by atoms with Crippen LogP contribution in [0.15, 0.2) is 6.20 Å². The summed E-state index contributed by atoms with van der Waals surface area (Å²) >= 11 is 0. The van der Waals surface area contributed by atoms with Crippen molar-refractivity contribution >= 4 is 5.82 Å². The first-order valence-corrected chi connectivity index (χ1v) is 6.69. The SMILES string of the molecule is Cc1cnn(C2CCC(C(C)(C)C)CC2)c1N. The lowest BCUT2D eigenvalue weighted by molar-refractivity contribution is 0.148. The number of aromatic nitrogens is 2. The molecule has 1 saturated carbocycles. The molecule has 1 aromatic rings. The minimum atomic E-state index is 0.441. The van der Waals surface area contributed by atoms with Gasteiger partial charge < -0.3 is 5.73 Å². The van der Waals surface area contributed by atoms with E-state index in [-0.39, 0.29) is 0 Å². The van der Waals surface area contributed by atoms with E-state index in [1.807, 2.05) is 17.8 Å². The van der Waals surface area contributed by atoms with Crippen molar-refractivity contribution in [2.45, 2.75) is 59.4 Å². The molecule has 0 spiro atoms. The molecule has 0 radical (unpaired) electrons. The molecule has 1 heterocycles. The van der Waals surface area contributed by atoms with Crippen LogP contribution in [0.4, 0.5) is 5.82 Å². The molecule has 2 N–H and O–H groups in total. The topological polar surface area (TPSA) is 43.8 Å². The van der Waals surface area contributed by atoms with Gasteiger partial charge in [-0.05, 0) is 43.9 Å². The highest BCUT2D eigenvalue weighted by Gasteiger charge is 2.31. The Hall–Kier alpha value is -0.990. The third kappa shape index (κ3) is 2.48. The molecule has 3 nitrogen and oxygen atoms in total. The fourth-order valence-corrected chi connectivity index (χ4v) is 2.94. The zero-order valence-electron chi connectivity index (χ0n) is 11.5. The summed E-state index contributed by atoms with van der Waals surface area (Å²) in [6, 6.07) is 0.516. The Bertz CT molecular complexity index is 379. The highest BCUT2D eigenvalue weighted by atomic mass is 15.3. The Balaban J connectivity index is 2.02. The van der Waals surface area contributed by atoms with Crippen LogP contribution in [0.1, 0.15) is 58.1 Å². The fourth-order valence-electron chi connectivity index (χ4n) is 2.94. The maximum absolute atomic E-state index is 6.05. The lowest BCUT2D eigenvalue weighted by Gasteiger charge is -2.37. The van der Waals surface area contributed by atoms with Crippen LogP contribution >= 0.6 is 0 Å². The molecular formula is C14H25N3. The van der Waals surface area contributed by atoms with E-state index in [1.54, 1.807) is 0 Å². The zero-order valence-corrected chi connectivity index (χ0v) is 11.5. The number of hydrogen-bond donors (Lipinski definition) is 1. The number of nitrogens with zero attached hydrogens (tertiary/aromatic N) is 2. The molecule has 1 aliphatic rings. The lowest BCUT2D eigenvalue weighted by Crippen LogP contribution is -2.27. The normalized spacial score (nSPS) is 26.1. The van der Waals surface area contributed by atoms with Crippen molar-refractivity contribution in [2.24, 2.45) is 11.3 Å². The summed E-state index contributed by atoms with van der Waals surface area (Å²) in [4.78, 5) is 0. The van der Waals surface area contributed by atoms with Gasteiger partial charge in [0.2, 0.25) is 0 Å². The predicted octanol–water partition coefficient (Wildman–Crippen LogP) is 3.55. The average molecular weight is 235 g/mol. The van der Waals surface area contributed by atoms with Gasteiger partial charge in [-0.1, -0.05) is 20.8 Å². The molecular weight excluding hydrogens is 210 g/mol. The lowest BCUT2D eigenvalue weighted by atomic mass is 9.71. The summed E-state index contributed by atoms with van der Waals surface area (Å²) in [6.07, 6.45) is 6.91. The van der Waals surface area contributed by atoms with Crippen LogP contribution in [-0.2, 0) is 0 Å². The molecule has 0 amide bonds. The maximum atomic E-state index is 6.05. The third-order valence-corrected chi connectivity index (χ3v) is 4.29. The van der Waals surface area contributed by atoms with Gasteiger partial charge in [0.25, 0.3) is 0 Å². The molecule has 3 heteroatoms. The number of hydrogen-bond acceptors (Lipinski definition) is 2. The number of rotatable bonds is 1. The molecule has 0 bridgehead atoms. The van der Waals surface area contributed by atoms with Crippen LogP contribution in [0.3, 0.4) is 0 Å². The van der Waals surface area contributed by atoms with Crippen molar-refractivity contribution < 1.29 is 0 Å². The van der Waals surface area contributed by atoms with Gasteiger partial charge in [0, 0.05) is 5.56 Å². The molecule has 1 aromatic heterocycles. The van der Waals surface area contributed by atoms with E-state index in [0.717, 1.165) is 17.3 Å². The smallest absolute Gasteiger partial charge is 0.124 e. The molecule has 1 fully saturated rings. The van der Waals surface area contributed by atoms with Gasteiger partial charge in [-0.2, -0.15) is 5.10 Å². The molecule has 96 valence electrons. The van der Waals surface area contributed by atoms with Crippen LogP contribution in [-0.4, -0.2) is 9.78 Å². The summed E-state index contributed by atoms with van der Waals surface area (Å²) < 4.78 is 2.04. The minimum absolute atomic E-state index is 0.441. The van der Waals surface area contributed by atoms with Gasteiger partial charge in [0.1, 0.15) is 5.82 Å². The van der Waals surface area contributed by atoms with E-state index in [1.165, 1.54) is 25.7 Å². The third-order valence-electron chi connectivity index (χ3n) is 4.29. The maximum Gasteiger partial charge on any atom is 0.124 e. The van der Waals surface area contributed by atoms with Crippen molar-refractivity contribution in [1.29, 1.82) is 0 Å².